The molecule has 1 aromatic carbocycles. The van der Waals surface area contributed by atoms with Crippen molar-refractivity contribution in [1.82, 2.24) is 0 Å². The second-order valence-corrected chi connectivity index (χ2v) is 4.74. The van der Waals surface area contributed by atoms with Crippen molar-refractivity contribution in [3.8, 4) is 5.75 Å². The number of halogens is 1. The Bertz CT molecular complexity index is 397. The van der Waals surface area contributed by atoms with Crippen LogP contribution in [0.1, 0.15) is 13.8 Å². The Labute approximate surface area is 114 Å². The SMILES string of the molecule is COCOc1ccc(NC(C)C(C)F)cc1N(C)C. The van der Waals surface area contributed by atoms with Crippen LogP contribution < -0.4 is 15.0 Å². The summed E-state index contributed by atoms with van der Waals surface area (Å²) in [5.74, 6) is 0.735. The van der Waals surface area contributed by atoms with Crippen LogP contribution in [-0.4, -0.2) is 40.2 Å². The van der Waals surface area contributed by atoms with Crippen LogP contribution in [0, 0.1) is 0 Å². The Morgan fingerprint density at radius 3 is 2.53 bits per heavy atom. The Balaban J connectivity index is 2.89. The molecule has 1 N–H and O–H groups in total. The minimum atomic E-state index is -0.910. The van der Waals surface area contributed by atoms with E-state index in [0.29, 0.717) is 0 Å². The molecule has 0 aliphatic carbocycles. The van der Waals surface area contributed by atoms with Crippen molar-refractivity contribution >= 4 is 11.4 Å². The van der Waals surface area contributed by atoms with Gasteiger partial charge in [-0.25, -0.2) is 4.39 Å². The van der Waals surface area contributed by atoms with Crippen molar-refractivity contribution < 1.29 is 13.9 Å². The van der Waals surface area contributed by atoms with Crippen molar-refractivity contribution in [2.45, 2.75) is 26.1 Å². The lowest BCUT2D eigenvalue weighted by Crippen LogP contribution is -2.24. The van der Waals surface area contributed by atoms with Gasteiger partial charge in [0.25, 0.3) is 0 Å². The maximum atomic E-state index is 13.2. The van der Waals surface area contributed by atoms with Gasteiger partial charge in [-0.15, -0.1) is 0 Å². The first-order chi connectivity index (χ1) is 8.95. The molecule has 0 fully saturated rings. The maximum absolute atomic E-state index is 13.2. The van der Waals surface area contributed by atoms with Crippen LogP contribution in [0.15, 0.2) is 18.2 Å². The number of hydrogen-bond acceptors (Lipinski definition) is 4. The summed E-state index contributed by atoms with van der Waals surface area (Å²) in [6, 6.07) is 5.42. The summed E-state index contributed by atoms with van der Waals surface area (Å²) in [5, 5.41) is 3.13. The Morgan fingerprint density at radius 2 is 2.00 bits per heavy atom. The molecule has 0 aromatic heterocycles. The van der Waals surface area contributed by atoms with Crippen molar-refractivity contribution in [3.05, 3.63) is 18.2 Å². The minimum Gasteiger partial charge on any atom is -0.465 e. The highest BCUT2D eigenvalue weighted by Gasteiger charge is 2.12. The minimum absolute atomic E-state index is 0.200. The number of benzene rings is 1. The van der Waals surface area contributed by atoms with Crippen LogP contribution in [0.5, 0.6) is 5.75 Å². The Hall–Kier alpha value is -1.49. The number of hydrogen-bond donors (Lipinski definition) is 1. The van der Waals surface area contributed by atoms with E-state index in [1.54, 1.807) is 14.0 Å². The first kappa shape index (κ1) is 15.6. The molecule has 0 heterocycles. The number of anilines is 2. The fraction of sp³-hybridized carbons (Fsp3) is 0.571. The molecule has 1 aromatic rings. The molecule has 108 valence electrons. The molecule has 0 radical (unpaired) electrons. The highest BCUT2D eigenvalue weighted by atomic mass is 19.1. The number of alkyl halides is 1. The quantitative estimate of drug-likeness (QED) is 0.772. The second-order valence-electron chi connectivity index (χ2n) is 4.74. The number of nitrogens with one attached hydrogen (secondary N) is 1. The van der Waals surface area contributed by atoms with E-state index in [-0.39, 0.29) is 12.8 Å². The van der Waals surface area contributed by atoms with Crippen molar-refractivity contribution in [1.29, 1.82) is 0 Å². The van der Waals surface area contributed by atoms with Crippen molar-refractivity contribution in [2.75, 3.05) is 38.2 Å². The smallest absolute Gasteiger partial charge is 0.188 e. The summed E-state index contributed by atoms with van der Waals surface area (Å²) in [5.41, 5.74) is 1.78. The third-order valence-electron chi connectivity index (χ3n) is 2.86. The normalized spacial score (nSPS) is 13.8. The molecular formula is C14H23FN2O2. The van der Waals surface area contributed by atoms with Crippen LogP contribution in [0.2, 0.25) is 0 Å². The van der Waals surface area contributed by atoms with Gasteiger partial charge >= 0.3 is 0 Å². The molecule has 0 amide bonds. The maximum Gasteiger partial charge on any atom is 0.188 e. The van der Waals surface area contributed by atoms with Gasteiger partial charge in [0.05, 0.1) is 11.7 Å². The lowest BCUT2D eigenvalue weighted by atomic mass is 10.2. The number of nitrogens with zero attached hydrogens (tertiary/aromatic N) is 1. The van der Waals surface area contributed by atoms with E-state index in [1.807, 2.05) is 44.1 Å². The standard InChI is InChI=1S/C14H23FN2O2/c1-10(15)11(2)16-12-6-7-14(19-9-18-5)13(8-12)17(3)4/h6-8,10-11,16H,9H2,1-5H3. The van der Waals surface area contributed by atoms with E-state index >= 15 is 0 Å². The number of rotatable bonds is 7. The molecule has 2 unspecified atom stereocenters. The fourth-order valence-electron chi connectivity index (χ4n) is 1.58. The zero-order valence-electron chi connectivity index (χ0n) is 12.2. The zero-order chi connectivity index (χ0) is 14.4. The summed E-state index contributed by atoms with van der Waals surface area (Å²) < 4.78 is 23.6. The van der Waals surface area contributed by atoms with Gasteiger partial charge < -0.3 is 19.7 Å². The van der Waals surface area contributed by atoms with E-state index in [2.05, 4.69) is 5.32 Å². The van der Waals surface area contributed by atoms with Gasteiger partial charge in [-0.3, -0.25) is 0 Å². The average Bonchev–Trinajstić information content (AvgIpc) is 2.36. The molecule has 5 heteroatoms. The molecule has 0 aliphatic rings. The first-order valence-corrected chi connectivity index (χ1v) is 6.29. The monoisotopic (exact) mass is 270 g/mol. The van der Waals surface area contributed by atoms with Gasteiger partial charge in [0.2, 0.25) is 0 Å². The fourth-order valence-corrected chi connectivity index (χ4v) is 1.58. The van der Waals surface area contributed by atoms with Crippen LogP contribution in [-0.2, 0) is 4.74 Å². The molecule has 0 aliphatic heterocycles. The lowest BCUT2D eigenvalue weighted by Gasteiger charge is -2.21. The summed E-state index contributed by atoms with van der Waals surface area (Å²) in [7, 11) is 5.44. The summed E-state index contributed by atoms with van der Waals surface area (Å²) >= 11 is 0. The summed E-state index contributed by atoms with van der Waals surface area (Å²) in [4.78, 5) is 1.94. The molecule has 0 bridgehead atoms. The predicted molar refractivity (Wildman–Crippen MR) is 76.9 cm³/mol. The molecule has 1 rings (SSSR count). The Kier molecular flexibility index (Phi) is 5.89. The largest absolute Gasteiger partial charge is 0.465 e. The lowest BCUT2D eigenvalue weighted by molar-refractivity contribution is 0.0515. The molecular weight excluding hydrogens is 247 g/mol. The Morgan fingerprint density at radius 1 is 1.32 bits per heavy atom. The van der Waals surface area contributed by atoms with Gasteiger partial charge in [-0.05, 0) is 32.0 Å². The topological polar surface area (TPSA) is 33.7 Å². The first-order valence-electron chi connectivity index (χ1n) is 6.29. The number of methoxy groups -OCH3 is 1. The third-order valence-corrected chi connectivity index (χ3v) is 2.86. The van der Waals surface area contributed by atoms with Gasteiger partial charge in [-0.2, -0.15) is 0 Å². The van der Waals surface area contributed by atoms with E-state index in [1.165, 1.54) is 0 Å². The predicted octanol–water partition coefficient (Wildman–Crippen LogP) is 2.89. The molecule has 0 saturated carbocycles. The molecule has 2 atom stereocenters. The highest BCUT2D eigenvalue weighted by Crippen LogP contribution is 2.30. The van der Waals surface area contributed by atoms with E-state index < -0.39 is 6.17 Å². The molecule has 0 saturated heterocycles. The van der Waals surface area contributed by atoms with Crippen molar-refractivity contribution in [2.24, 2.45) is 0 Å². The third kappa shape index (κ3) is 4.59. The van der Waals surface area contributed by atoms with E-state index in [9.17, 15) is 4.39 Å². The van der Waals surface area contributed by atoms with Crippen LogP contribution in [0.25, 0.3) is 0 Å². The molecule has 0 spiro atoms. The summed E-state index contributed by atoms with van der Waals surface area (Å²) in [6.45, 7) is 3.56. The van der Waals surface area contributed by atoms with Crippen LogP contribution in [0.4, 0.5) is 15.8 Å². The summed E-state index contributed by atoms with van der Waals surface area (Å²) in [6.07, 6.45) is -0.910. The molecule has 19 heavy (non-hydrogen) atoms. The highest BCUT2D eigenvalue weighted by molar-refractivity contribution is 5.66. The van der Waals surface area contributed by atoms with Gasteiger partial charge in [0, 0.05) is 26.9 Å². The zero-order valence-corrected chi connectivity index (χ0v) is 12.2. The number of ether oxygens (including phenoxy) is 2. The second kappa shape index (κ2) is 7.19. The van der Waals surface area contributed by atoms with Crippen LogP contribution in [0.3, 0.4) is 0 Å². The molecule has 4 nitrogen and oxygen atoms in total. The van der Waals surface area contributed by atoms with E-state index in [0.717, 1.165) is 17.1 Å². The van der Waals surface area contributed by atoms with E-state index in [4.69, 9.17) is 9.47 Å². The average molecular weight is 270 g/mol. The van der Waals surface area contributed by atoms with Crippen molar-refractivity contribution in [3.63, 3.8) is 0 Å². The van der Waals surface area contributed by atoms with Gasteiger partial charge in [-0.1, -0.05) is 0 Å². The van der Waals surface area contributed by atoms with Gasteiger partial charge in [0.1, 0.15) is 11.9 Å². The van der Waals surface area contributed by atoms with Gasteiger partial charge in [0.15, 0.2) is 6.79 Å². The van der Waals surface area contributed by atoms with Crippen LogP contribution >= 0.6 is 0 Å².